The molecule has 0 saturated carbocycles. The topological polar surface area (TPSA) is 132 Å². The Morgan fingerprint density at radius 1 is 1.10 bits per heavy atom. The molecule has 0 aliphatic carbocycles. The van der Waals surface area contributed by atoms with E-state index in [0.717, 1.165) is 0 Å². The zero-order valence-electron chi connectivity index (χ0n) is 15.8. The Labute approximate surface area is 167 Å². The lowest BCUT2D eigenvalue weighted by molar-refractivity contribution is -0.117. The number of methoxy groups -OCH3 is 2. The van der Waals surface area contributed by atoms with E-state index in [-0.39, 0.29) is 40.9 Å². The van der Waals surface area contributed by atoms with Gasteiger partial charge in [0.05, 0.1) is 14.2 Å². The fraction of sp³-hybridized carbons (Fsp3) is 0.143. The highest BCUT2D eigenvalue weighted by Crippen LogP contribution is 2.37. The summed E-state index contributed by atoms with van der Waals surface area (Å²) in [5.41, 5.74) is 1.07. The van der Waals surface area contributed by atoms with Crippen LogP contribution in [0.25, 0.3) is 6.08 Å². The van der Waals surface area contributed by atoms with Crippen LogP contribution >= 0.6 is 0 Å². The molecule has 2 aromatic carbocycles. The third-order valence-corrected chi connectivity index (χ3v) is 3.91. The first-order valence-corrected chi connectivity index (χ1v) is 8.42. The van der Waals surface area contributed by atoms with Crippen LogP contribution in [0.1, 0.15) is 11.1 Å². The monoisotopic (exact) mass is 396 g/mol. The predicted octanol–water partition coefficient (Wildman–Crippen LogP) is 2.60. The van der Waals surface area contributed by atoms with E-state index in [2.05, 4.69) is 5.32 Å². The van der Waals surface area contributed by atoms with Gasteiger partial charge in [-0.15, -0.1) is 0 Å². The second-order valence-corrected chi connectivity index (χ2v) is 5.83. The minimum absolute atomic E-state index is 0.0712. The molecule has 8 nitrogen and oxygen atoms in total. The maximum atomic E-state index is 12.2. The third-order valence-electron chi connectivity index (χ3n) is 3.91. The van der Waals surface area contributed by atoms with Crippen molar-refractivity contribution in [3.63, 3.8) is 0 Å². The van der Waals surface area contributed by atoms with Crippen LogP contribution in [0.5, 0.6) is 28.7 Å². The van der Waals surface area contributed by atoms with Gasteiger partial charge < -0.3 is 30.1 Å². The summed E-state index contributed by atoms with van der Waals surface area (Å²) in [4.78, 5) is 12.2. The van der Waals surface area contributed by atoms with Crippen molar-refractivity contribution in [3.05, 3.63) is 59.2 Å². The maximum Gasteiger partial charge on any atom is 0.262 e. The maximum absolute atomic E-state index is 12.2. The number of phenols is 3. The minimum atomic E-state index is -0.592. The summed E-state index contributed by atoms with van der Waals surface area (Å²) in [6.07, 6.45) is 4.47. The van der Waals surface area contributed by atoms with Crippen molar-refractivity contribution in [3.8, 4) is 34.8 Å². The zero-order chi connectivity index (χ0) is 21.4. The summed E-state index contributed by atoms with van der Waals surface area (Å²) >= 11 is 0. The molecule has 0 saturated heterocycles. The predicted molar refractivity (Wildman–Crippen MR) is 106 cm³/mol. The Kier molecular flexibility index (Phi) is 7.09. The lowest BCUT2D eigenvalue weighted by Gasteiger charge is -2.09. The zero-order valence-corrected chi connectivity index (χ0v) is 15.8. The van der Waals surface area contributed by atoms with E-state index in [1.807, 2.05) is 6.07 Å². The largest absolute Gasteiger partial charge is 0.504 e. The van der Waals surface area contributed by atoms with Crippen molar-refractivity contribution in [2.45, 2.75) is 6.54 Å². The van der Waals surface area contributed by atoms with Gasteiger partial charge in [-0.1, -0.05) is 18.2 Å². The molecular weight excluding hydrogens is 376 g/mol. The highest BCUT2D eigenvalue weighted by Gasteiger charge is 2.10. The first kappa shape index (κ1) is 21.2. The molecule has 0 spiro atoms. The van der Waals surface area contributed by atoms with Crippen LogP contribution in [0.3, 0.4) is 0 Å². The number of ether oxygens (including phenoxy) is 2. The van der Waals surface area contributed by atoms with Crippen LogP contribution in [0, 0.1) is 11.3 Å². The van der Waals surface area contributed by atoms with Crippen LogP contribution in [0.4, 0.5) is 0 Å². The second kappa shape index (κ2) is 9.71. The van der Waals surface area contributed by atoms with E-state index in [0.29, 0.717) is 11.1 Å². The van der Waals surface area contributed by atoms with Gasteiger partial charge in [0.15, 0.2) is 23.0 Å². The Bertz CT molecular complexity index is 980. The highest BCUT2D eigenvalue weighted by molar-refractivity contribution is 5.97. The molecule has 0 fully saturated rings. The van der Waals surface area contributed by atoms with Crippen molar-refractivity contribution in [1.29, 1.82) is 5.26 Å². The number of phenolic OH excluding ortho intramolecular Hbond substituents is 3. The Hall–Kier alpha value is -4.12. The van der Waals surface area contributed by atoms with Gasteiger partial charge >= 0.3 is 0 Å². The van der Waals surface area contributed by atoms with Crippen molar-refractivity contribution >= 4 is 12.0 Å². The van der Waals surface area contributed by atoms with Crippen LogP contribution in [0.15, 0.2) is 48.1 Å². The van der Waals surface area contributed by atoms with Gasteiger partial charge in [-0.3, -0.25) is 4.79 Å². The van der Waals surface area contributed by atoms with E-state index >= 15 is 0 Å². The molecule has 0 aliphatic rings. The average Bonchev–Trinajstić information content (AvgIpc) is 2.72. The van der Waals surface area contributed by atoms with Crippen LogP contribution in [-0.2, 0) is 11.3 Å². The standard InChI is InChI=1S/C21H20N2O6/c1-28-18-9-13(10-19(29-2)20(18)26)4-3-5-15(11-22)21(27)23-12-14-6-7-16(24)17(25)8-14/h3-10,24-26H,12H2,1-2H3,(H,23,27). The highest BCUT2D eigenvalue weighted by atomic mass is 16.5. The van der Waals surface area contributed by atoms with Gasteiger partial charge in [-0.2, -0.15) is 5.26 Å². The van der Waals surface area contributed by atoms with Gasteiger partial charge in [-0.05, 0) is 41.5 Å². The first-order chi connectivity index (χ1) is 13.9. The number of carbonyl (C=O) groups is 1. The van der Waals surface area contributed by atoms with Crippen LogP contribution in [-0.4, -0.2) is 35.4 Å². The number of nitrogens with one attached hydrogen (secondary N) is 1. The molecule has 2 aromatic rings. The number of hydrogen-bond donors (Lipinski definition) is 4. The van der Waals surface area contributed by atoms with E-state index in [9.17, 15) is 25.4 Å². The molecule has 29 heavy (non-hydrogen) atoms. The van der Waals surface area contributed by atoms with Crippen molar-refractivity contribution in [1.82, 2.24) is 5.32 Å². The van der Waals surface area contributed by atoms with Gasteiger partial charge in [0.25, 0.3) is 5.91 Å². The number of carbonyl (C=O) groups excluding carboxylic acids is 1. The molecule has 1 amide bonds. The number of allylic oxidation sites excluding steroid dienone is 2. The Morgan fingerprint density at radius 3 is 2.31 bits per heavy atom. The smallest absolute Gasteiger partial charge is 0.262 e. The molecule has 0 bridgehead atoms. The summed E-state index contributed by atoms with van der Waals surface area (Å²) in [5, 5.41) is 40.4. The quantitative estimate of drug-likeness (QED) is 0.245. The molecule has 2 rings (SSSR count). The van der Waals surface area contributed by atoms with Gasteiger partial charge in [0, 0.05) is 6.54 Å². The van der Waals surface area contributed by atoms with Gasteiger partial charge in [0.2, 0.25) is 5.75 Å². The third kappa shape index (κ3) is 5.43. The molecular formula is C21H20N2O6. The first-order valence-electron chi connectivity index (χ1n) is 8.42. The number of hydrogen-bond acceptors (Lipinski definition) is 7. The molecule has 0 aliphatic heterocycles. The summed E-state index contributed by atoms with van der Waals surface area (Å²) in [5.74, 6) is -0.821. The number of nitrogens with zero attached hydrogens (tertiary/aromatic N) is 1. The molecule has 0 heterocycles. The lowest BCUT2D eigenvalue weighted by atomic mass is 10.1. The Morgan fingerprint density at radius 2 is 1.76 bits per heavy atom. The number of amides is 1. The molecule has 8 heteroatoms. The van der Waals surface area contributed by atoms with Crippen molar-refractivity contribution in [2.75, 3.05) is 14.2 Å². The van der Waals surface area contributed by atoms with E-state index < -0.39 is 5.91 Å². The summed E-state index contributed by atoms with van der Waals surface area (Å²) in [6.45, 7) is 0.0712. The fourth-order valence-corrected chi connectivity index (χ4v) is 2.39. The number of rotatable bonds is 7. The minimum Gasteiger partial charge on any atom is -0.504 e. The molecule has 0 atom stereocenters. The van der Waals surface area contributed by atoms with E-state index in [1.165, 1.54) is 44.6 Å². The molecule has 4 N–H and O–H groups in total. The van der Waals surface area contributed by atoms with E-state index in [1.54, 1.807) is 18.2 Å². The molecule has 0 radical (unpaired) electrons. The number of aromatic hydroxyl groups is 3. The molecule has 150 valence electrons. The summed E-state index contributed by atoms with van der Waals surface area (Å²) in [7, 11) is 2.82. The van der Waals surface area contributed by atoms with Gasteiger partial charge in [-0.25, -0.2) is 0 Å². The summed E-state index contributed by atoms with van der Waals surface area (Å²) < 4.78 is 10.2. The molecule has 0 unspecified atom stereocenters. The lowest BCUT2D eigenvalue weighted by Crippen LogP contribution is -2.23. The number of benzene rings is 2. The Balaban J connectivity index is 2.10. The average molecular weight is 396 g/mol. The molecule has 0 aromatic heterocycles. The number of nitriles is 1. The normalized spacial score (nSPS) is 11.1. The fourth-order valence-electron chi connectivity index (χ4n) is 2.39. The van der Waals surface area contributed by atoms with Crippen molar-refractivity contribution < 1.29 is 29.6 Å². The van der Waals surface area contributed by atoms with Crippen LogP contribution in [0.2, 0.25) is 0 Å². The van der Waals surface area contributed by atoms with E-state index in [4.69, 9.17) is 9.47 Å². The van der Waals surface area contributed by atoms with Gasteiger partial charge in [0.1, 0.15) is 11.6 Å². The second-order valence-electron chi connectivity index (χ2n) is 5.83. The SMILES string of the molecule is COc1cc(C=CC=C(C#N)C(=O)NCc2ccc(O)c(O)c2)cc(OC)c1O. The van der Waals surface area contributed by atoms with Crippen LogP contribution < -0.4 is 14.8 Å². The van der Waals surface area contributed by atoms with Crippen molar-refractivity contribution in [2.24, 2.45) is 0 Å². The summed E-state index contributed by atoms with van der Waals surface area (Å²) in [6, 6.07) is 9.13.